The summed E-state index contributed by atoms with van der Waals surface area (Å²) in [4.78, 5) is 5.41. The topological polar surface area (TPSA) is 51.0 Å². The first-order valence-corrected chi connectivity index (χ1v) is 7.28. The molecular formula is C13H16ClN3OS. The van der Waals surface area contributed by atoms with E-state index in [-0.39, 0.29) is 5.54 Å². The SMILES string of the molecule is CNC(C)(C)c1nc(CSc2ccccc2Cl)no1. The lowest BCUT2D eigenvalue weighted by Gasteiger charge is -2.17. The second-order valence-corrected chi connectivity index (χ2v) is 6.03. The standard InChI is InChI=1S/C13H16ClN3OS/c1-13(2,15-3)12-16-11(17-18-12)8-19-10-7-5-4-6-9(10)14/h4-7,15H,8H2,1-3H3. The van der Waals surface area contributed by atoms with E-state index in [1.54, 1.807) is 11.8 Å². The molecule has 0 aliphatic heterocycles. The van der Waals surface area contributed by atoms with E-state index < -0.39 is 0 Å². The molecule has 0 radical (unpaired) electrons. The van der Waals surface area contributed by atoms with Crippen molar-refractivity contribution in [2.75, 3.05) is 7.05 Å². The van der Waals surface area contributed by atoms with Crippen LogP contribution in [0.15, 0.2) is 33.7 Å². The fourth-order valence-electron chi connectivity index (χ4n) is 1.38. The maximum Gasteiger partial charge on any atom is 0.246 e. The van der Waals surface area contributed by atoms with Gasteiger partial charge in [0.2, 0.25) is 5.89 Å². The van der Waals surface area contributed by atoms with E-state index >= 15 is 0 Å². The lowest BCUT2D eigenvalue weighted by Crippen LogP contribution is -2.33. The van der Waals surface area contributed by atoms with Crippen molar-refractivity contribution < 1.29 is 4.52 Å². The van der Waals surface area contributed by atoms with Crippen LogP contribution in [-0.4, -0.2) is 17.2 Å². The number of nitrogens with one attached hydrogen (secondary N) is 1. The monoisotopic (exact) mass is 297 g/mol. The normalized spacial score (nSPS) is 11.8. The number of nitrogens with zero attached hydrogens (tertiary/aromatic N) is 2. The summed E-state index contributed by atoms with van der Waals surface area (Å²) in [7, 11) is 1.86. The Morgan fingerprint density at radius 1 is 1.37 bits per heavy atom. The number of hydrogen-bond donors (Lipinski definition) is 1. The molecule has 0 aliphatic carbocycles. The second kappa shape index (κ2) is 5.94. The van der Waals surface area contributed by atoms with Crippen LogP contribution in [0.3, 0.4) is 0 Å². The van der Waals surface area contributed by atoms with Crippen LogP contribution in [-0.2, 0) is 11.3 Å². The molecule has 1 aromatic heterocycles. The van der Waals surface area contributed by atoms with Gasteiger partial charge in [0.1, 0.15) is 0 Å². The van der Waals surface area contributed by atoms with E-state index in [4.69, 9.17) is 16.1 Å². The van der Waals surface area contributed by atoms with Crippen LogP contribution in [0, 0.1) is 0 Å². The van der Waals surface area contributed by atoms with Gasteiger partial charge in [-0.1, -0.05) is 28.9 Å². The summed E-state index contributed by atoms with van der Waals surface area (Å²) in [5, 5.41) is 7.86. The van der Waals surface area contributed by atoms with E-state index in [9.17, 15) is 0 Å². The Morgan fingerprint density at radius 2 is 2.11 bits per heavy atom. The van der Waals surface area contributed by atoms with Gasteiger partial charge in [0.15, 0.2) is 5.82 Å². The number of thioether (sulfide) groups is 1. The van der Waals surface area contributed by atoms with Gasteiger partial charge in [-0.15, -0.1) is 11.8 Å². The van der Waals surface area contributed by atoms with Gasteiger partial charge in [-0.2, -0.15) is 4.98 Å². The molecule has 0 aliphatic rings. The molecule has 4 nitrogen and oxygen atoms in total. The van der Waals surface area contributed by atoms with Crippen molar-refractivity contribution in [2.24, 2.45) is 0 Å². The fourth-order valence-corrected chi connectivity index (χ4v) is 2.46. The maximum atomic E-state index is 6.10. The van der Waals surface area contributed by atoms with Gasteiger partial charge in [-0.05, 0) is 33.0 Å². The zero-order valence-electron chi connectivity index (χ0n) is 11.1. The molecule has 0 fully saturated rings. The van der Waals surface area contributed by atoms with E-state index in [0.717, 1.165) is 9.92 Å². The van der Waals surface area contributed by atoms with Crippen molar-refractivity contribution in [1.29, 1.82) is 0 Å². The number of hydrogen-bond acceptors (Lipinski definition) is 5. The number of benzene rings is 1. The van der Waals surface area contributed by atoms with E-state index in [2.05, 4.69) is 15.5 Å². The van der Waals surface area contributed by atoms with Crippen molar-refractivity contribution in [3.63, 3.8) is 0 Å². The average Bonchev–Trinajstić information content (AvgIpc) is 2.87. The molecule has 0 unspecified atom stereocenters. The van der Waals surface area contributed by atoms with Gasteiger partial charge in [-0.3, -0.25) is 0 Å². The molecule has 2 aromatic rings. The van der Waals surface area contributed by atoms with Crippen LogP contribution in [0.25, 0.3) is 0 Å². The van der Waals surface area contributed by atoms with Crippen LogP contribution in [0.2, 0.25) is 5.02 Å². The number of rotatable bonds is 5. The first kappa shape index (κ1) is 14.4. The molecule has 0 spiro atoms. The predicted octanol–water partition coefficient (Wildman–Crippen LogP) is 3.47. The van der Waals surface area contributed by atoms with E-state index in [0.29, 0.717) is 17.5 Å². The van der Waals surface area contributed by atoms with Gasteiger partial charge < -0.3 is 9.84 Å². The number of halogens is 1. The quantitative estimate of drug-likeness (QED) is 0.856. The van der Waals surface area contributed by atoms with Gasteiger partial charge in [0.25, 0.3) is 0 Å². The molecule has 19 heavy (non-hydrogen) atoms. The van der Waals surface area contributed by atoms with Crippen molar-refractivity contribution in [2.45, 2.75) is 30.0 Å². The van der Waals surface area contributed by atoms with Gasteiger partial charge in [0, 0.05) is 4.90 Å². The third kappa shape index (κ3) is 3.49. The molecule has 6 heteroatoms. The Balaban J connectivity index is 2.03. The number of aromatic nitrogens is 2. The van der Waals surface area contributed by atoms with E-state index in [1.807, 2.05) is 45.2 Å². The molecule has 1 N–H and O–H groups in total. The summed E-state index contributed by atoms with van der Waals surface area (Å²) in [6, 6.07) is 7.72. The Kier molecular flexibility index (Phi) is 4.50. The van der Waals surface area contributed by atoms with Gasteiger partial charge in [-0.25, -0.2) is 0 Å². The molecule has 1 heterocycles. The van der Waals surface area contributed by atoms with Crippen molar-refractivity contribution in [1.82, 2.24) is 15.5 Å². The molecule has 0 saturated heterocycles. The van der Waals surface area contributed by atoms with Crippen LogP contribution >= 0.6 is 23.4 Å². The lowest BCUT2D eigenvalue weighted by molar-refractivity contribution is 0.280. The first-order chi connectivity index (χ1) is 9.03. The smallest absolute Gasteiger partial charge is 0.246 e. The van der Waals surface area contributed by atoms with E-state index in [1.165, 1.54) is 0 Å². The van der Waals surface area contributed by atoms with Crippen molar-refractivity contribution >= 4 is 23.4 Å². The summed E-state index contributed by atoms with van der Waals surface area (Å²) in [5.41, 5.74) is -0.319. The van der Waals surface area contributed by atoms with Crippen LogP contribution in [0.4, 0.5) is 0 Å². The first-order valence-electron chi connectivity index (χ1n) is 5.92. The zero-order valence-corrected chi connectivity index (χ0v) is 12.7. The average molecular weight is 298 g/mol. The highest BCUT2D eigenvalue weighted by Gasteiger charge is 2.25. The maximum absolute atomic E-state index is 6.10. The Morgan fingerprint density at radius 3 is 2.79 bits per heavy atom. The van der Waals surface area contributed by atoms with Crippen LogP contribution < -0.4 is 5.32 Å². The fraction of sp³-hybridized carbons (Fsp3) is 0.385. The zero-order chi connectivity index (χ0) is 13.9. The molecule has 102 valence electrons. The molecule has 1 aromatic carbocycles. The predicted molar refractivity (Wildman–Crippen MR) is 77.4 cm³/mol. The summed E-state index contributed by atoms with van der Waals surface area (Å²) in [6.45, 7) is 3.98. The Hall–Kier alpha value is -1.04. The molecule has 0 saturated carbocycles. The Bertz CT molecular complexity index is 556. The summed E-state index contributed by atoms with van der Waals surface area (Å²) in [5.74, 6) is 1.89. The minimum atomic E-state index is -0.319. The largest absolute Gasteiger partial charge is 0.337 e. The van der Waals surface area contributed by atoms with Crippen molar-refractivity contribution in [3.05, 3.63) is 41.0 Å². The van der Waals surface area contributed by atoms with Crippen molar-refractivity contribution in [3.8, 4) is 0 Å². The minimum absolute atomic E-state index is 0.319. The second-order valence-electron chi connectivity index (χ2n) is 4.61. The highest BCUT2D eigenvalue weighted by molar-refractivity contribution is 7.98. The molecule has 0 amide bonds. The third-order valence-corrected chi connectivity index (χ3v) is 4.33. The summed E-state index contributed by atoms with van der Waals surface area (Å²) < 4.78 is 5.27. The summed E-state index contributed by atoms with van der Waals surface area (Å²) in [6.07, 6.45) is 0. The van der Waals surface area contributed by atoms with Gasteiger partial charge in [0.05, 0.1) is 16.3 Å². The highest BCUT2D eigenvalue weighted by Crippen LogP contribution is 2.29. The van der Waals surface area contributed by atoms with Crippen LogP contribution in [0.1, 0.15) is 25.6 Å². The minimum Gasteiger partial charge on any atom is -0.337 e. The molecule has 2 rings (SSSR count). The van der Waals surface area contributed by atoms with Gasteiger partial charge >= 0.3 is 0 Å². The van der Waals surface area contributed by atoms with Crippen LogP contribution in [0.5, 0.6) is 0 Å². The summed E-state index contributed by atoms with van der Waals surface area (Å²) >= 11 is 7.69. The lowest BCUT2D eigenvalue weighted by atomic mass is 10.1. The molecular weight excluding hydrogens is 282 g/mol. The Labute approximate surface area is 121 Å². The highest BCUT2D eigenvalue weighted by atomic mass is 35.5. The molecule has 0 atom stereocenters. The molecule has 0 bridgehead atoms. The third-order valence-electron chi connectivity index (χ3n) is 2.82.